The number of benzene rings is 1. The van der Waals surface area contributed by atoms with Crippen molar-refractivity contribution in [1.29, 1.82) is 0 Å². The van der Waals surface area contributed by atoms with Gasteiger partial charge in [-0.15, -0.1) is 0 Å². The summed E-state index contributed by atoms with van der Waals surface area (Å²) >= 11 is 0. The Morgan fingerprint density at radius 2 is 2.24 bits per heavy atom. The van der Waals surface area contributed by atoms with Gasteiger partial charge in [0.2, 0.25) is 5.91 Å². The maximum atomic E-state index is 13.9. The molecule has 1 amide bonds. The lowest BCUT2D eigenvalue weighted by molar-refractivity contribution is -0.121. The van der Waals surface area contributed by atoms with Crippen LogP contribution in [0.2, 0.25) is 0 Å². The number of hydrogen-bond donors (Lipinski definition) is 2. The van der Waals surface area contributed by atoms with E-state index in [4.69, 9.17) is 0 Å². The van der Waals surface area contributed by atoms with Crippen molar-refractivity contribution < 1.29 is 18.7 Å². The highest BCUT2D eigenvalue weighted by Crippen LogP contribution is 2.33. The first kappa shape index (κ1) is 15.9. The second-order valence-electron chi connectivity index (χ2n) is 5.27. The molecule has 21 heavy (non-hydrogen) atoms. The van der Waals surface area contributed by atoms with Crippen LogP contribution in [0.5, 0.6) is 0 Å². The Bertz CT molecular complexity index is 510. The number of nitrogens with zero attached hydrogens (tertiary/aromatic N) is 1. The third kappa shape index (κ3) is 3.98. The standard InChI is InChI=1S/C15H20F2N2O2/c1-2-18-15(21)5-6-19-9-11(20)8-14(19)12-7-10(16)3-4-13(12)17/h3-4,7,11,14,20H,2,5-6,8-9H2,1H3,(H,18,21)/t11-,14-/m0/s1. The minimum atomic E-state index is -0.591. The summed E-state index contributed by atoms with van der Waals surface area (Å²) in [5.74, 6) is -1.08. The van der Waals surface area contributed by atoms with Crippen LogP contribution in [0.4, 0.5) is 8.78 Å². The fourth-order valence-corrected chi connectivity index (χ4v) is 2.75. The summed E-state index contributed by atoms with van der Waals surface area (Å²) in [4.78, 5) is 13.3. The average molecular weight is 298 g/mol. The normalized spacial score (nSPS) is 22.5. The van der Waals surface area contributed by atoms with E-state index in [0.717, 1.165) is 18.2 Å². The summed E-state index contributed by atoms with van der Waals surface area (Å²) in [5, 5.41) is 12.5. The SMILES string of the molecule is CCNC(=O)CCN1C[C@@H](O)C[C@H]1c1cc(F)ccc1F. The van der Waals surface area contributed by atoms with Crippen molar-refractivity contribution in [2.45, 2.75) is 31.9 Å². The van der Waals surface area contributed by atoms with Crippen LogP contribution in [0.3, 0.4) is 0 Å². The van der Waals surface area contributed by atoms with Crippen molar-refractivity contribution in [3.8, 4) is 0 Å². The number of halogens is 2. The second kappa shape index (κ2) is 6.95. The Labute approximate surface area is 122 Å². The molecule has 0 unspecified atom stereocenters. The fraction of sp³-hybridized carbons (Fsp3) is 0.533. The van der Waals surface area contributed by atoms with Gasteiger partial charge in [-0.3, -0.25) is 9.69 Å². The van der Waals surface area contributed by atoms with E-state index in [1.807, 2.05) is 11.8 Å². The van der Waals surface area contributed by atoms with Crippen molar-refractivity contribution in [2.24, 2.45) is 0 Å². The Balaban J connectivity index is 2.09. The average Bonchev–Trinajstić information content (AvgIpc) is 2.80. The number of carbonyl (C=O) groups excluding carboxylic acids is 1. The molecule has 4 nitrogen and oxygen atoms in total. The molecule has 1 aliphatic rings. The largest absolute Gasteiger partial charge is 0.392 e. The van der Waals surface area contributed by atoms with Gasteiger partial charge in [-0.05, 0) is 31.5 Å². The van der Waals surface area contributed by atoms with Crippen molar-refractivity contribution in [3.05, 3.63) is 35.4 Å². The van der Waals surface area contributed by atoms with Gasteiger partial charge < -0.3 is 10.4 Å². The highest BCUT2D eigenvalue weighted by atomic mass is 19.1. The molecule has 0 aliphatic carbocycles. The zero-order valence-electron chi connectivity index (χ0n) is 12.0. The Morgan fingerprint density at radius 3 is 2.95 bits per heavy atom. The van der Waals surface area contributed by atoms with E-state index < -0.39 is 23.8 Å². The van der Waals surface area contributed by atoms with Crippen molar-refractivity contribution in [2.75, 3.05) is 19.6 Å². The van der Waals surface area contributed by atoms with Crippen molar-refractivity contribution >= 4 is 5.91 Å². The lowest BCUT2D eigenvalue weighted by Gasteiger charge is -2.24. The van der Waals surface area contributed by atoms with Crippen molar-refractivity contribution in [3.63, 3.8) is 0 Å². The second-order valence-corrected chi connectivity index (χ2v) is 5.27. The molecule has 1 aliphatic heterocycles. The highest BCUT2D eigenvalue weighted by molar-refractivity contribution is 5.75. The van der Waals surface area contributed by atoms with E-state index in [2.05, 4.69) is 5.32 Å². The molecule has 0 bridgehead atoms. The van der Waals surface area contributed by atoms with E-state index in [9.17, 15) is 18.7 Å². The number of likely N-dealkylation sites (tertiary alicyclic amines) is 1. The van der Waals surface area contributed by atoms with Crippen LogP contribution < -0.4 is 5.32 Å². The van der Waals surface area contributed by atoms with Gasteiger partial charge in [0.25, 0.3) is 0 Å². The maximum Gasteiger partial charge on any atom is 0.221 e. The molecule has 1 saturated heterocycles. The Kier molecular flexibility index (Phi) is 5.25. The van der Waals surface area contributed by atoms with E-state index in [1.165, 1.54) is 0 Å². The molecule has 1 aromatic rings. The Morgan fingerprint density at radius 1 is 1.48 bits per heavy atom. The molecule has 2 N–H and O–H groups in total. The molecule has 0 aromatic heterocycles. The molecule has 1 aromatic carbocycles. The van der Waals surface area contributed by atoms with E-state index in [1.54, 1.807) is 0 Å². The van der Waals surface area contributed by atoms with Crippen LogP contribution in [0.1, 0.15) is 31.4 Å². The molecular formula is C15H20F2N2O2. The summed E-state index contributed by atoms with van der Waals surface area (Å²) < 4.78 is 27.2. The summed E-state index contributed by atoms with van der Waals surface area (Å²) in [6.45, 7) is 3.16. The predicted molar refractivity (Wildman–Crippen MR) is 74.6 cm³/mol. The third-order valence-corrected chi connectivity index (χ3v) is 3.70. The predicted octanol–water partition coefficient (Wildman–Crippen LogP) is 1.60. The van der Waals surface area contributed by atoms with Crippen LogP contribution in [-0.4, -0.2) is 41.7 Å². The van der Waals surface area contributed by atoms with Crippen molar-refractivity contribution in [1.82, 2.24) is 10.2 Å². The fourth-order valence-electron chi connectivity index (χ4n) is 2.75. The first-order valence-corrected chi connectivity index (χ1v) is 7.15. The monoisotopic (exact) mass is 298 g/mol. The van der Waals surface area contributed by atoms with Gasteiger partial charge in [-0.2, -0.15) is 0 Å². The molecule has 0 saturated carbocycles. The molecule has 6 heteroatoms. The van der Waals surface area contributed by atoms with E-state index in [0.29, 0.717) is 26.1 Å². The van der Waals surface area contributed by atoms with Gasteiger partial charge in [0.15, 0.2) is 0 Å². The lowest BCUT2D eigenvalue weighted by Crippen LogP contribution is -2.31. The summed E-state index contributed by atoms with van der Waals surface area (Å²) in [6, 6.07) is 2.93. The molecule has 116 valence electrons. The molecule has 1 fully saturated rings. The van der Waals surface area contributed by atoms with Gasteiger partial charge in [0.1, 0.15) is 11.6 Å². The molecule has 0 spiro atoms. The molecule has 2 rings (SSSR count). The summed E-state index contributed by atoms with van der Waals surface area (Å²) in [5.41, 5.74) is 0.238. The summed E-state index contributed by atoms with van der Waals surface area (Å²) in [7, 11) is 0. The van der Waals surface area contributed by atoms with Crippen LogP contribution >= 0.6 is 0 Å². The molecular weight excluding hydrogens is 278 g/mol. The quantitative estimate of drug-likeness (QED) is 0.868. The number of rotatable bonds is 5. The topological polar surface area (TPSA) is 52.6 Å². The van der Waals surface area contributed by atoms with Gasteiger partial charge in [0.05, 0.1) is 6.10 Å². The van der Waals surface area contributed by atoms with Gasteiger partial charge in [0, 0.05) is 37.7 Å². The number of aliphatic hydroxyl groups excluding tert-OH is 1. The number of amides is 1. The minimum Gasteiger partial charge on any atom is -0.392 e. The molecule has 1 heterocycles. The number of aliphatic hydroxyl groups is 1. The van der Waals surface area contributed by atoms with Crippen LogP contribution in [-0.2, 0) is 4.79 Å². The minimum absolute atomic E-state index is 0.0858. The number of carbonyl (C=O) groups is 1. The first-order chi connectivity index (χ1) is 10.0. The van der Waals surface area contributed by atoms with Gasteiger partial charge in [-0.25, -0.2) is 8.78 Å². The first-order valence-electron chi connectivity index (χ1n) is 7.15. The van der Waals surface area contributed by atoms with Crippen LogP contribution in [0, 0.1) is 11.6 Å². The number of nitrogens with one attached hydrogen (secondary N) is 1. The zero-order chi connectivity index (χ0) is 15.4. The Hall–Kier alpha value is -1.53. The lowest BCUT2D eigenvalue weighted by atomic mass is 10.0. The molecule has 0 radical (unpaired) electrons. The summed E-state index contributed by atoms with van der Waals surface area (Å²) in [6.07, 6.45) is 0.0240. The zero-order valence-corrected chi connectivity index (χ0v) is 12.0. The highest BCUT2D eigenvalue weighted by Gasteiger charge is 2.33. The maximum absolute atomic E-state index is 13.9. The van der Waals surface area contributed by atoms with Crippen LogP contribution in [0.25, 0.3) is 0 Å². The third-order valence-electron chi connectivity index (χ3n) is 3.70. The smallest absolute Gasteiger partial charge is 0.221 e. The van der Waals surface area contributed by atoms with Gasteiger partial charge in [-0.1, -0.05) is 0 Å². The van der Waals surface area contributed by atoms with E-state index in [-0.39, 0.29) is 17.9 Å². The molecule has 2 atom stereocenters. The van der Waals surface area contributed by atoms with Gasteiger partial charge >= 0.3 is 0 Å². The number of hydrogen-bond acceptors (Lipinski definition) is 3. The van der Waals surface area contributed by atoms with Crippen LogP contribution in [0.15, 0.2) is 18.2 Å². The van der Waals surface area contributed by atoms with E-state index >= 15 is 0 Å². The number of β-amino-alcohol motifs (C(OH)–C–C–N with tert-alkyl or cyclic N) is 1.